The summed E-state index contributed by atoms with van der Waals surface area (Å²) in [5, 5.41) is 4.80. The van der Waals surface area contributed by atoms with E-state index >= 15 is 0 Å². The second kappa shape index (κ2) is 7.17. The minimum atomic E-state index is -0.0308. The summed E-state index contributed by atoms with van der Waals surface area (Å²) in [5.41, 5.74) is 5.25. The van der Waals surface area contributed by atoms with Gasteiger partial charge in [0.15, 0.2) is 0 Å². The van der Waals surface area contributed by atoms with Crippen LogP contribution in [0.15, 0.2) is 29.8 Å². The highest BCUT2D eigenvalue weighted by molar-refractivity contribution is 6.36. The monoisotopic (exact) mass is 354 g/mol. The highest BCUT2D eigenvalue weighted by Gasteiger charge is 2.19. The molecule has 1 aromatic heterocycles. The lowest BCUT2D eigenvalue weighted by Crippen LogP contribution is -2.24. The summed E-state index contributed by atoms with van der Waals surface area (Å²) >= 11 is 6.54. The SMILES string of the molecule is O=C(NCCC1=CCCCC1)c1ccc2c(Cl)c3c(nc2c1)CCC3. The number of hydrogen-bond acceptors (Lipinski definition) is 2. The van der Waals surface area contributed by atoms with Gasteiger partial charge in [-0.05, 0) is 69.1 Å². The van der Waals surface area contributed by atoms with Crippen molar-refractivity contribution in [3.8, 4) is 0 Å². The smallest absolute Gasteiger partial charge is 0.251 e. The number of hydrogen-bond donors (Lipinski definition) is 1. The van der Waals surface area contributed by atoms with Gasteiger partial charge in [-0.15, -0.1) is 0 Å². The summed E-state index contributed by atoms with van der Waals surface area (Å²) in [6, 6.07) is 5.66. The van der Waals surface area contributed by atoms with Crippen LogP contribution in [0.3, 0.4) is 0 Å². The average molecular weight is 355 g/mol. The lowest BCUT2D eigenvalue weighted by Gasteiger charge is -2.13. The van der Waals surface area contributed by atoms with Gasteiger partial charge >= 0.3 is 0 Å². The standard InChI is InChI=1S/C21H23ClN2O/c22-20-16-7-4-8-18(16)24-19-13-15(9-10-17(19)20)21(25)23-12-11-14-5-2-1-3-6-14/h5,9-10,13H,1-4,6-8,11-12H2,(H,23,25). The molecule has 0 atom stereocenters. The molecule has 0 saturated heterocycles. The molecule has 2 aliphatic carbocycles. The average Bonchev–Trinajstić information content (AvgIpc) is 3.11. The van der Waals surface area contributed by atoms with Gasteiger partial charge in [0.05, 0.1) is 10.5 Å². The van der Waals surface area contributed by atoms with Gasteiger partial charge in [0.2, 0.25) is 0 Å². The molecule has 0 radical (unpaired) electrons. The summed E-state index contributed by atoms with van der Waals surface area (Å²) in [7, 11) is 0. The summed E-state index contributed by atoms with van der Waals surface area (Å²) < 4.78 is 0. The third kappa shape index (κ3) is 3.43. The van der Waals surface area contributed by atoms with Crippen molar-refractivity contribution in [3.63, 3.8) is 0 Å². The summed E-state index contributed by atoms with van der Waals surface area (Å²) in [5.74, 6) is -0.0308. The first-order chi connectivity index (χ1) is 12.2. The number of aromatic nitrogens is 1. The summed E-state index contributed by atoms with van der Waals surface area (Å²) in [6.07, 6.45) is 11.3. The zero-order valence-corrected chi connectivity index (χ0v) is 15.2. The number of nitrogens with zero attached hydrogens (tertiary/aromatic N) is 1. The van der Waals surface area contributed by atoms with Crippen LogP contribution in [0.2, 0.25) is 5.02 Å². The predicted molar refractivity (Wildman–Crippen MR) is 102 cm³/mol. The third-order valence-electron chi connectivity index (χ3n) is 5.32. The van der Waals surface area contributed by atoms with Crippen molar-refractivity contribution in [2.75, 3.05) is 6.54 Å². The molecule has 1 aromatic carbocycles. The molecule has 0 aliphatic heterocycles. The Hall–Kier alpha value is -1.87. The molecule has 0 fully saturated rings. The molecule has 0 spiro atoms. The number of benzene rings is 1. The number of nitrogens with one attached hydrogen (secondary N) is 1. The molecule has 4 heteroatoms. The van der Waals surface area contributed by atoms with Crippen molar-refractivity contribution < 1.29 is 4.79 Å². The maximum atomic E-state index is 12.5. The van der Waals surface area contributed by atoms with Gasteiger partial charge in [-0.3, -0.25) is 9.78 Å². The second-order valence-electron chi connectivity index (χ2n) is 7.05. The number of allylic oxidation sites excluding steroid dienone is 1. The Labute approximate surface area is 153 Å². The van der Waals surface area contributed by atoms with Crippen molar-refractivity contribution in [2.24, 2.45) is 0 Å². The van der Waals surface area contributed by atoms with Crippen LogP contribution in [0.4, 0.5) is 0 Å². The molecule has 3 nitrogen and oxygen atoms in total. The van der Waals surface area contributed by atoms with E-state index in [2.05, 4.69) is 11.4 Å². The van der Waals surface area contributed by atoms with Gasteiger partial charge in [0.1, 0.15) is 0 Å². The lowest BCUT2D eigenvalue weighted by molar-refractivity contribution is 0.0954. The highest BCUT2D eigenvalue weighted by atomic mass is 35.5. The van der Waals surface area contributed by atoms with Gasteiger partial charge in [-0.25, -0.2) is 0 Å². The van der Waals surface area contributed by atoms with Gasteiger partial charge < -0.3 is 5.32 Å². The van der Waals surface area contributed by atoms with Crippen LogP contribution < -0.4 is 5.32 Å². The highest BCUT2D eigenvalue weighted by Crippen LogP contribution is 2.33. The van der Waals surface area contributed by atoms with Crippen molar-refractivity contribution >= 4 is 28.4 Å². The van der Waals surface area contributed by atoms with Gasteiger partial charge in [-0.2, -0.15) is 0 Å². The van der Waals surface area contributed by atoms with Gasteiger partial charge in [-0.1, -0.05) is 29.3 Å². The Balaban J connectivity index is 1.48. The number of carbonyl (C=O) groups excluding carboxylic acids is 1. The summed E-state index contributed by atoms with van der Waals surface area (Å²) in [6.45, 7) is 0.696. The number of carbonyl (C=O) groups is 1. The topological polar surface area (TPSA) is 42.0 Å². The van der Waals surface area contributed by atoms with E-state index in [9.17, 15) is 4.79 Å². The first kappa shape index (κ1) is 16.6. The van der Waals surface area contributed by atoms with E-state index in [-0.39, 0.29) is 5.91 Å². The molecular weight excluding hydrogens is 332 g/mol. The Morgan fingerprint density at radius 2 is 2.08 bits per heavy atom. The fourth-order valence-electron chi connectivity index (χ4n) is 3.92. The zero-order valence-electron chi connectivity index (χ0n) is 14.4. The molecule has 130 valence electrons. The van der Waals surface area contributed by atoms with Gasteiger partial charge in [0.25, 0.3) is 5.91 Å². The maximum absolute atomic E-state index is 12.5. The Morgan fingerprint density at radius 1 is 1.16 bits per heavy atom. The Morgan fingerprint density at radius 3 is 2.92 bits per heavy atom. The largest absolute Gasteiger partial charge is 0.352 e. The predicted octanol–water partition coefficient (Wildman–Crippen LogP) is 5.00. The van der Waals surface area contributed by atoms with Crippen LogP contribution in [-0.2, 0) is 12.8 Å². The molecule has 4 rings (SSSR count). The number of rotatable bonds is 4. The van der Waals surface area contributed by atoms with Crippen LogP contribution in [0.5, 0.6) is 0 Å². The van der Waals surface area contributed by atoms with Crippen LogP contribution in [0.25, 0.3) is 10.9 Å². The Kier molecular flexibility index (Phi) is 4.76. The fourth-order valence-corrected chi connectivity index (χ4v) is 4.28. The second-order valence-corrected chi connectivity index (χ2v) is 7.43. The van der Waals surface area contributed by atoms with Crippen LogP contribution in [-0.4, -0.2) is 17.4 Å². The number of fused-ring (bicyclic) bond motifs is 2. The quantitative estimate of drug-likeness (QED) is 0.785. The van der Waals surface area contributed by atoms with Crippen LogP contribution in [0, 0.1) is 0 Å². The molecule has 1 N–H and O–H groups in total. The van der Waals surface area contributed by atoms with Crippen molar-refractivity contribution in [1.82, 2.24) is 10.3 Å². The molecule has 2 aromatic rings. The van der Waals surface area contributed by atoms with E-state index in [1.54, 1.807) is 0 Å². The van der Waals surface area contributed by atoms with Gasteiger partial charge in [0, 0.05) is 23.2 Å². The summed E-state index contributed by atoms with van der Waals surface area (Å²) in [4.78, 5) is 17.2. The van der Waals surface area contributed by atoms with E-state index in [1.165, 1.54) is 36.8 Å². The molecule has 2 aliphatic rings. The number of halogens is 1. The number of amides is 1. The minimum Gasteiger partial charge on any atom is -0.352 e. The number of pyridine rings is 1. The van der Waals surface area contributed by atoms with Crippen LogP contribution in [0.1, 0.15) is 60.1 Å². The Bertz CT molecular complexity index is 857. The lowest BCUT2D eigenvalue weighted by atomic mass is 9.97. The first-order valence-corrected chi connectivity index (χ1v) is 9.67. The zero-order chi connectivity index (χ0) is 17.2. The molecule has 1 amide bonds. The van der Waals surface area contributed by atoms with E-state index in [4.69, 9.17) is 16.6 Å². The van der Waals surface area contributed by atoms with Crippen molar-refractivity contribution in [2.45, 2.75) is 51.4 Å². The third-order valence-corrected chi connectivity index (χ3v) is 5.75. The molecular formula is C21H23ClN2O. The van der Waals surface area contributed by atoms with E-state index < -0.39 is 0 Å². The molecule has 0 saturated carbocycles. The minimum absolute atomic E-state index is 0.0308. The van der Waals surface area contributed by atoms with Crippen molar-refractivity contribution in [3.05, 3.63) is 51.7 Å². The normalized spacial score (nSPS) is 16.6. The van der Waals surface area contributed by atoms with E-state index in [0.29, 0.717) is 12.1 Å². The molecule has 0 bridgehead atoms. The number of aryl methyl sites for hydroxylation is 1. The first-order valence-electron chi connectivity index (χ1n) is 9.29. The molecule has 0 unspecified atom stereocenters. The maximum Gasteiger partial charge on any atom is 0.251 e. The molecule has 25 heavy (non-hydrogen) atoms. The van der Waals surface area contributed by atoms with Crippen molar-refractivity contribution in [1.29, 1.82) is 0 Å². The van der Waals surface area contributed by atoms with E-state index in [0.717, 1.165) is 47.3 Å². The fraction of sp³-hybridized carbons (Fsp3) is 0.429. The van der Waals surface area contributed by atoms with Crippen LogP contribution >= 0.6 is 11.6 Å². The molecule has 1 heterocycles. The van der Waals surface area contributed by atoms with E-state index in [1.807, 2.05) is 18.2 Å².